The average Bonchev–Trinajstić information content (AvgIpc) is 2.99. The number of fused-ring (bicyclic) bond motifs is 1. The number of nitrogens with zero attached hydrogens (tertiary/aromatic N) is 1. The van der Waals surface area contributed by atoms with Crippen molar-refractivity contribution in [2.75, 3.05) is 0 Å². The fourth-order valence-corrected chi connectivity index (χ4v) is 2.82. The van der Waals surface area contributed by atoms with Gasteiger partial charge in [0.2, 0.25) is 12.3 Å². The first kappa shape index (κ1) is 14.5. The molecule has 0 unspecified atom stereocenters. The van der Waals surface area contributed by atoms with Gasteiger partial charge < -0.3 is 4.98 Å². The van der Waals surface area contributed by atoms with Gasteiger partial charge in [-0.15, -0.1) is 0 Å². The molecule has 22 heavy (non-hydrogen) atoms. The van der Waals surface area contributed by atoms with E-state index < -0.39 is 0 Å². The number of rotatable bonds is 5. The van der Waals surface area contributed by atoms with Crippen LogP contribution in [0, 0.1) is 0 Å². The summed E-state index contributed by atoms with van der Waals surface area (Å²) in [6.45, 7) is 4.62. The first-order valence-corrected chi connectivity index (χ1v) is 7.83. The van der Waals surface area contributed by atoms with Crippen LogP contribution in [0.3, 0.4) is 0 Å². The van der Waals surface area contributed by atoms with Crippen LogP contribution < -0.4 is 4.57 Å². The second-order valence-corrected chi connectivity index (χ2v) is 5.55. The van der Waals surface area contributed by atoms with Crippen LogP contribution in [0.1, 0.15) is 35.3 Å². The number of nitrogens with one attached hydrogen (secondary N) is 1. The number of carbonyl (C=O) groups excluding carboxylic acids is 1. The minimum atomic E-state index is 0.133. The third kappa shape index (κ3) is 2.67. The molecule has 0 aliphatic carbocycles. The molecule has 2 aromatic heterocycles. The highest BCUT2D eigenvalue weighted by molar-refractivity contribution is 6.07. The van der Waals surface area contributed by atoms with Gasteiger partial charge in [-0.25, -0.2) is 0 Å². The minimum Gasteiger partial charge on any atom is -0.360 e. The van der Waals surface area contributed by atoms with Crippen molar-refractivity contribution in [1.29, 1.82) is 0 Å². The number of Topliss-reactive ketones (excluding diaryl/α,β-unsaturated/α-hetero) is 1. The maximum absolute atomic E-state index is 12.6. The largest absolute Gasteiger partial charge is 0.360 e. The van der Waals surface area contributed by atoms with E-state index in [9.17, 15) is 4.79 Å². The number of para-hydroxylation sites is 1. The molecule has 1 aromatic carbocycles. The molecule has 2 heterocycles. The molecule has 0 aliphatic rings. The van der Waals surface area contributed by atoms with E-state index in [-0.39, 0.29) is 5.78 Å². The number of aromatic nitrogens is 2. The van der Waals surface area contributed by atoms with Crippen LogP contribution in [0.4, 0.5) is 0 Å². The van der Waals surface area contributed by atoms with Crippen molar-refractivity contribution in [2.45, 2.75) is 33.2 Å². The van der Waals surface area contributed by atoms with Crippen LogP contribution in [0.15, 0.2) is 48.9 Å². The van der Waals surface area contributed by atoms with Crippen molar-refractivity contribution < 1.29 is 9.36 Å². The summed E-state index contributed by atoms with van der Waals surface area (Å²) in [5, 5.41) is 1.02. The highest BCUT2D eigenvalue weighted by Crippen LogP contribution is 2.22. The fourth-order valence-electron chi connectivity index (χ4n) is 2.82. The topological polar surface area (TPSA) is 36.7 Å². The summed E-state index contributed by atoms with van der Waals surface area (Å²) in [5.41, 5.74) is 4.39. The Kier molecular flexibility index (Phi) is 4.05. The molecule has 0 saturated heterocycles. The lowest BCUT2D eigenvalue weighted by Gasteiger charge is -2.00. The van der Waals surface area contributed by atoms with Gasteiger partial charge in [-0.05, 0) is 24.0 Å². The first-order chi connectivity index (χ1) is 10.7. The van der Waals surface area contributed by atoms with E-state index in [1.807, 2.05) is 35.3 Å². The Labute approximate surface area is 130 Å². The Morgan fingerprint density at radius 1 is 1.09 bits per heavy atom. The maximum Gasteiger partial charge on any atom is 0.229 e. The molecule has 112 valence electrons. The van der Waals surface area contributed by atoms with E-state index in [1.165, 1.54) is 11.1 Å². The standard InChI is InChI=1S/C19H20N2O/c1-3-14-8-10-21(11-9-14)13-18(22)17-12-20-19-15(4-2)6-5-7-16(17)19/h5-12H,3-4,13H2,1-2H3/p+1. The lowest BCUT2D eigenvalue weighted by Crippen LogP contribution is -2.37. The summed E-state index contributed by atoms with van der Waals surface area (Å²) < 4.78 is 1.93. The monoisotopic (exact) mass is 293 g/mol. The predicted octanol–water partition coefficient (Wildman–Crippen LogP) is 3.46. The molecule has 3 nitrogen and oxygen atoms in total. The second kappa shape index (κ2) is 6.14. The molecular weight excluding hydrogens is 272 g/mol. The number of benzene rings is 1. The molecule has 3 aromatic rings. The normalized spacial score (nSPS) is 11.0. The number of carbonyl (C=O) groups is 1. The number of hydrogen-bond acceptors (Lipinski definition) is 1. The van der Waals surface area contributed by atoms with E-state index in [0.717, 1.165) is 29.3 Å². The highest BCUT2D eigenvalue weighted by atomic mass is 16.1. The summed E-state index contributed by atoms with van der Waals surface area (Å²) in [4.78, 5) is 15.9. The highest BCUT2D eigenvalue weighted by Gasteiger charge is 2.17. The van der Waals surface area contributed by atoms with Gasteiger partial charge in [-0.3, -0.25) is 4.79 Å². The summed E-state index contributed by atoms with van der Waals surface area (Å²) in [6.07, 6.45) is 7.76. The Morgan fingerprint density at radius 3 is 2.55 bits per heavy atom. The van der Waals surface area contributed by atoms with E-state index >= 15 is 0 Å². The number of aryl methyl sites for hydroxylation is 2. The second-order valence-electron chi connectivity index (χ2n) is 5.55. The molecule has 0 bridgehead atoms. The quantitative estimate of drug-likeness (QED) is 0.567. The Balaban J connectivity index is 1.88. The predicted molar refractivity (Wildman–Crippen MR) is 88.0 cm³/mol. The van der Waals surface area contributed by atoms with Crippen molar-refractivity contribution in [1.82, 2.24) is 4.98 Å². The van der Waals surface area contributed by atoms with E-state index in [2.05, 4.69) is 37.0 Å². The zero-order chi connectivity index (χ0) is 15.5. The third-order valence-corrected chi connectivity index (χ3v) is 4.18. The number of hydrogen-bond donors (Lipinski definition) is 1. The molecule has 3 heteroatoms. The van der Waals surface area contributed by atoms with Gasteiger partial charge in [0.05, 0.1) is 0 Å². The van der Waals surface area contributed by atoms with Crippen LogP contribution in [-0.2, 0) is 19.4 Å². The van der Waals surface area contributed by atoms with Gasteiger partial charge >= 0.3 is 0 Å². The van der Waals surface area contributed by atoms with Crippen LogP contribution in [0.2, 0.25) is 0 Å². The van der Waals surface area contributed by atoms with Crippen molar-refractivity contribution in [3.8, 4) is 0 Å². The van der Waals surface area contributed by atoms with Gasteiger partial charge in [0.25, 0.3) is 0 Å². The molecule has 0 aliphatic heterocycles. The third-order valence-electron chi connectivity index (χ3n) is 4.18. The van der Waals surface area contributed by atoms with Crippen LogP contribution in [-0.4, -0.2) is 10.8 Å². The summed E-state index contributed by atoms with van der Waals surface area (Å²) in [6, 6.07) is 10.3. The van der Waals surface area contributed by atoms with Gasteiger partial charge in [-0.2, -0.15) is 4.57 Å². The van der Waals surface area contributed by atoms with E-state index in [0.29, 0.717) is 6.54 Å². The van der Waals surface area contributed by atoms with Gasteiger partial charge in [0.15, 0.2) is 12.4 Å². The Morgan fingerprint density at radius 2 is 1.86 bits per heavy atom. The number of pyridine rings is 1. The lowest BCUT2D eigenvalue weighted by molar-refractivity contribution is -0.683. The summed E-state index contributed by atoms with van der Waals surface area (Å²) in [5.74, 6) is 0.133. The smallest absolute Gasteiger partial charge is 0.229 e. The van der Waals surface area contributed by atoms with Crippen molar-refractivity contribution in [3.05, 3.63) is 65.6 Å². The molecule has 0 radical (unpaired) electrons. The molecular formula is C19H21N2O+. The molecule has 0 amide bonds. The maximum atomic E-state index is 12.6. The zero-order valence-corrected chi connectivity index (χ0v) is 13.1. The van der Waals surface area contributed by atoms with E-state index in [1.54, 1.807) is 0 Å². The number of aromatic amines is 1. The number of ketones is 1. The van der Waals surface area contributed by atoms with E-state index in [4.69, 9.17) is 0 Å². The van der Waals surface area contributed by atoms with Crippen molar-refractivity contribution >= 4 is 16.7 Å². The minimum absolute atomic E-state index is 0.133. The Hall–Kier alpha value is -2.42. The fraction of sp³-hybridized carbons (Fsp3) is 0.263. The number of H-pyrrole nitrogens is 1. The van der Waals surface area contributed by atoms with Crippen molar-refractivity contribution in [3.63, 3.8) is 0 Å². The van der Waals surface area contributed by atoms with Crippen molar-refractivity contribution in [2.24, 2.45) is 0 Å². The molecule has 0 saturated carbocycles. The molecule has 1 N–H and O–H groups in total. The Bertz CT molecular complexity index is 800. The summed E-state index contributed by atoms with van der Waals surface area (Å²) in [7, 11) is 0. The molecule has 0 spiro atoms. The average molecular weight is 293 g/mol. The lowest BCUT2D eigenvalue weighted by atomic mass is 10.0. The molecule has 0 fully saturated rings. The SMILES string of the molecule is CCc1cc[n+](CC(=O)c2c[nH]c3c(CC)cccc23)cc1. The van der Waals surface area contributed by atoms with Crippen LogP contribution in [0.5, 0.6) is 0 Å². The molecule has 3 rings (SSSR count). The summed E-state index contributed by atoms with van der Waals surface area (Å²) >= 11 is 0. The zero-order valence-electron chi connectivity index (χ0n) is 13.1. The first-order valence-electron chi connectivity index (χ1n) is 7.83. The van der Waals surface area contributed by atoms with Gasteiger partial charge in [0, 0.05) is 34.8 Å². The molecule has 0 atom stereocenters. The van der Waals surface area contributed by atoms with Gasteiger partial charge in [-0.1, -0.05) is 32.0 Å². The van der Waals surface area contributed by atoms with Gasteiger partial charge in [0.1, 0.15) is 0 Å². The van der Waals surface area contributed by atoms with Crippen LogP contribution >= 0.6 is 0 Å². The van der Waals surface area contributed by atoms with Crippen LogP contribution in [0.25, 0.3) is 10.9 Å².